The molecule has 0 amide bonds. The number of imidazole rings is 1. The fourth-order valence-electron chi connectivity index (χ4n) is 1.58. The molecule has 2 rings (SSSR count). The lowest BCUT2D eigenvalue weighted by Gasteiger charge is -2.11. The van der Waals surface area contributed by atoms with Crippen molar-refractivity contribution in [3.05, 3.63) is 47.5 Å². The van der Waals surface area contributed by atoms with Crippen molar-refractivity contribution in [1.82, 2.24) is 9.55 Å². The second-order valence-corrected chi connectivity index (χ2v) is 3.97. The van der Waals surface area contributed by atoms with Gasteiger partial charge in [0.2, 0.25) is 0 Å². The van der Waals surface area contributed by atoms with E-state index in [2.05, 4.69) is 4.98 Å². The van der Waals surface area contributed by atoms with Crippen molar-refractivity contribution in [2.24, 2.45) is 0 Å². The second-order valence-electron chi connectivity index (χ2n) is 3.56. The number of benzene rings is 1. The first kappa shape index (κ1) is 10.9. The summed E-state index contributed by atoms with van der Waals surface area (Å²) in [6.07, 6.45) is 4.95. The highest BCUT2D eigenvalue weighted by Crippen LogP contribution is 2.23. The molecule has 0 saturated carbocycles. The Morgan fingerprint density at radius 1 is 1.44 bits per heavy atom. The Morgan fingerprint density at radius 2 is 2.19 bits per heavy atom. The zero-order valence-electron chi connectivity index (χ0n) is 8.89. The lowest BCUT2D eigenvalue weighted by molar-refractivity contribution is 0.848. The van der Waals surface area contributed by atoms with Crippen LogP contribution in [-0.2, 0) is 0 Å². The van der Waals surface area contributed by atoms with Crippen molar-refractivity contribution >= 4 is 17.8 Å². The van der Waals surface area contributed by atoms with Crippen LogP contribution >= 0.6 is 11.6 Å². The third-order valence-electron chi connectivity index (χ3n) is 2.44. The molecule has 0 spiro atoms. The molecule has 1 atom stereocenters. The molecule has 3 nitrogen and oxygen atoms in total. The van der Waals surface area contributed by atoms with Gasteiger partial charge in [-0.05, 0) is 12.1 Å². The van der Waals surface area contributed by atoms with Crippen LogP contribution in [0.1, 0.15) is 18.7 Å². The van der Waals surface area contributed by atoms with Gasteiger partial charge < -0.3 is 9.98 Å². The van der Waals surface area contributed by atoms with Gasteiger partial charge in [0.05, 0.1) is 10.7 Å². The molecule has 0 fully saturated rings. The van der Waals surface area contributed by atoms with Crippen molar-refractivity contribution in [3.63, 3.8) is 0 Å². The number of halogens is 1. The molecule has 0 radical (unpaired) electrons. The Labute approximate surface area is 99.2 Å². The van der Waals surface area contributed by atoms with E-state index < -0.39 is 0 Å². The third-order valence-corrected chi connectivity index (χ3v) is 2.76. The standard InChI is InChI=1S/C12H12ClN3/c1-9(8-14)12-15-6-7-16(12)11-5-3-2-4-10(11)13/h2-9,14H,1H3. The number of nitrogens with one attached hydrogen (secondary N) is 1. The summed E-state index contributed by atoms with van der Waals surface area (Å²) in [5, 5.41) is 7.97. The monoisotopic (exact) mass is 233 g/mol. The van der Waals surface area contributed by atoms with Crippen LogP contribution in [0.25, 0.3) is 5.69 Å². The summed E-state index contributed by atoms with van der Waals surface area (Å²) >= 11 is 6.13. The van der Waals surface area contributed by atoms with E-state index in [9.17, 15) is 0 Å². The molecule has 2 aromatic rings. The topological polar surface area (TPSA) is 41.7 Å². The lowest BCUT2D eigenvalue weighted by Crippen LogP contribution is -2.05. The molecule has 1 aromatic heterocycles. The Bertz CT molecular complexity index is 504. The molecular formula is C12H12ClN3. The molecular weight excluding hydrogens is 222 g/mol. The molecule has 1 N–H and O–H groups in total. The van der Waals surface area contributed by atoms with Gasteiger partial charge in [-0.15, -0.1) is 0 Å². The van der Waals surface area contributed by atoms with E-state index in [4.69, 9.17) is 17.0 Å². The number of hydrogen-bond donors (Lipinski definition) is 1. The zero-order chi connectivity index (χ0) is 11.5. The van der Waals surface area contributed by atoms with Crippen molar-refractivity contribution in [1.29, 1.82) is 5.41 Å². The highest BCUT2D eigenvalue weighted by atomic mass is 35.5. The Kier molecular flexibility index (Phi) is 3.06. The maximum Gasteiger partial charge on any atom is 0.121 e. The summed E-state index contributed by atoms with van der Waals surface area (Å²) in [7, 11) is 0. The summed E-state index contributed by atoms with van der Waals surface area (Å²) in [4.78, 5) is 4.26. The molecule has 0 aliphatic carbocycles. The summed E-state index contributed by atoms with van der Waals surface area (Å²) in [6.45, 7) is 1.93. The summed E-state index contributed by atoms with van der Waals surface area (Å²) in [5.74, 6) is 0.800. The summed E-state index contributed by atoms with van der Waals surface area (Å²) in [5.41, 5.74) is 0.894. The molecule has 0 bridgehead atoms. The van der Waals surface area contributed by atoms with Gasteiger partial charge in [-0.2, -0.15) is 0 Å². The molecule has 0 aliphatic rings. The third kappa shape index (κ3) is 1.86. The van der Waals surface area contributed by atoms with Gasteiger partial charge in [0.15, 0.2) is 0 Å². The van der Waals surface area contributed by atoms with Crippen LogP contribution < -0.4 is 0 Å². The smallest absolute Gasteiger partial charge is 0.121 e. The maximum absolute atomic E-state index is 7.29. The van der Waals surface area contributed by atoms with Crippen molar-refractivity contribution in [3.8, 4) is 5.69 Å². The minimum Gasteiger partial charge on any atom is -0.312 e. The zero-order valence-corrected chi connectivity index (χ0v) is 9.65. The van der Waals surface area contributed by atoms with Gasteiger partial charge in [0.1, 0.15) is 5.82 Å². The van der Waals surface area contributed by atoms with Crippen LogP contribution in [0.4, 0.5) is 0 Å². The first-order valence-corrected chi connectivity index (χ1v) is 5.40. The number of hydrogen-bond acceptors (Lipinski definition) is 2. The number of aromatic nitrogens is 2. The van der Waals surface area contributed by atoms with Crippen molar-refractivity contribution in [2.45, 2.75) is 12.8 Å². The van der Waals surface area contributed by atoms with E-state index in [1.54, 1.807) is 6.20 Å². The minimum atomic E-state index is -0.0220. The largest absolute Gasteiger partial charge is 0.312 e. The first-order valence-electron chi connectivity index (χ1n) is 5.02. The predicted octanol–water partition coefficient (Wildman–Crippen LogP) is 3.28. The Hall–Kier alpha value is -1.61. The van der Waals surface area contributed by atoms with Crippen LogP contribution in [0.5, 0.6) is 0 Å². The van der Waals surface area contributed by atoms with E-state index in [1.807, 2.05) is 42.0 Å². The van der Waals surface area contributed by atoms with Crippen LogP contribution in [0.3, 0.4) is 0 Å². The van der Waals surface area contributed by atoms with E-state index >= 15 is 0 Å². The number of para-hydroxylation sites is 1. The Balaban J connectivity index is 2.53. The minimum absolute atomic E-state index is 0.0220. The molecule has 1 unspecified atom stereocenters. The van der Waals surface area contributed by atoms with Gasteiger partial charge in [-0.3, -0.25) is 0 Å². The number of nitrogens with zero attached hydrogens (tertiary/aromatic N) is 2. The first-order chi connectivity index (χ1) is 7.74. The molecule has 82 valence electrons. The predicted molar refractivity (Wildman–Crippen MR) is 65.8 cm³/mol. The van der Waals surface area contributed by atoms with Gasteiger partial charge in [-0.1, -0.05) is 30.7 Å². The van der Waals surface area contributed by atoms with Crippen LogP contribution in [0.2, 0.25) is 5.02 Å². The molecule has 16 heavy (non-hydrogen) atoms. The number of rotatable bonds is 3. The van der Waals surface area contributed by atoms with Crippen LogP contribution in [0, 0.1) is 5.41 Å². The highest BCUT2D eigenvalue weighted by Gasteiger charge is 2.12. The van der Waals surface area contributed by atoms with Crippen LogP contribution in [-0.4, -0.2) is 15.8 Å². The quantitative estimate of drug-likeness (QED) is 0.813. The highest BCUT2D eigenvalue weighted by molar-refractivity contribution is 6.32. The molecule has 1 heterocycles. The van der Waals surface area contributed by atoms with E-state index in [0.717, 1.165) is 11.5 Å². The van der Waals surface area contributed by atoms with Crippen LogP contribution in [0.15, 0.2) is 36.7 Å². The summed E-state index contributed by atoms with van der Waals surface area (Å²) in [6, 6.07) is 7.60. The van der Waals surface area contributed by atoms with E-state index in [0.29, 0.717) is 5.02 Å². The normalized spacial score (nSPS) is 12.4. The van der Waals surface area contributed by atoms with Gasteiger partial charge in [0.25, 0.3) is 0 Å². The molecule has 1 aromatic carbocycles. The molecule has 4 heteroatoms. The van der Waals surface area contributed by atoms with E-state index in [1.165, 1.54) is 6.21 Å². The Morgan fingerprint density at radius 3 is 2.88 bits per heavy atom. The fourth-order valence-corrected chi connectivity index (χ4v) is 1.80. The SMILES string of the molecule is CC(C=N)c1nccn1-c1ccccc1Cl. The van der Waals surface area contributed by atoms with Crippen molar-refractivity contribution in [2.75, 3.05) is 0 Å². The summed E-state index contributed by atoms with van der Waals surface area (Å²) < 4.78 is 1.91. The van der Waals surface area contributed by atoms with Gasteiger partial charge in [-0.25, -0.2) is 4.98 Å². The fraction of sp³-hybridized carbons (Fsp3) is 0.167. The lowest BCUT2D eigenvalue weighted by atomic mass is 10.2. The maximum atomic E-state index is 7.29. The van der Waals surface area contributed by atoms with Gasteiger partial charge >= 0.3 is 0 Å². The second kappa shape index (κ2) is 4.49. The van der Waals surface area contributed by atoms with Gasteiger partial charge in [0, 0.05) is 24.5 Å². The molecule has 0 saturated heterocycles. The molecule has 0 aliphatic heterocycles. The average Bonchev–Trinajstić information content (AvgIpc) is 2.77. The van der Waals surface area contributed by atoms with E-state index in [-0.39, 0.29) is 5.92 Å². The van der Waals surface area contributed by atoms with Crippen molar-refractivity contribution < 1.29 is 0 Å². The average molecular weight is 234 g/mol.